The van der Waals surface area contributed by atoms with Crippen molar-refractivity contribution in [1.29, 1.82) is 0 Å². The summed E-state index contributed by atoms with van der Waals surface area (Å²) in [7, 11) is 0. The van der Waals surface area contributed by atoms with Crippen LogP contribution in [-0.2, 0) is 11.3 Å². The fourth-order valence-corrected chi connectivity index (χ4v) is 1.38. The van der Waals surface area contributed by atoms with Gasteiger partial charge in [0.25, 0.3) is 5.91 Å². The molecule has 0 saturated carbocycles. The molecule has 1 aromatic carbocycles. The minimum Gasteiger partial charge on any atom is -0.479 e. The standard InChI is InChI=1S/C10H12N2O2/c1-6-10(13)12-8-4-7(5-11)2-3-9(8)14-6/h2-4,6H,5,11H2,1H3,(H,12,13)/t6-/m1/s1. The van der Waals surface area contributed by atoms with E-state index in [0.29, 0.717) is 18.0 Å². The fraction of sp³-hybridized carbons (Fsp3) is 0.300. The molecule has 74 valence electrons. The number of anilines is 1. The van der Waals surface area contributed by atoms with Crippen LogP contribution < -0.4 is 15.8 Å². The van der Waals surface area contributed by atoms with Crippen LogP contribution in [0.25, 0.3) is 0 Å². The normalized spacial score (nSPS) is 19.6. The molecule has 0 aromatic heterocycles. The van der Waals surface area contributed by atoms with Crippen LogP contribution in [0.5, 0.6) is 5.75 Å². The van der Waals surface area contributed by atoms with Gasteiger partial charge in [-0.3, -0.25) is 4.79 Å². The maximum Gasteiger partial charge on any atom is 0.265 e. The van der Waals surface area contributed by atoms with Crippen molar-refractivity contribution in [3.05, 3.63) is 23.8 Å². The molecule has 14 heavy (non-hydrogen) atoms. The van der Waals surface area contributed by atoms with Crippen molar-refractivity contribution >= 4 is 11.6 Å². The van der Waals surface area contributed by atoms with Gasteiger partial charge in [0.2, 0.25) is 0 Å². The molecule has 1 aliphatic heterocycles. The Morgan fingerprint density at radius 1 is 1.57 bits per heavy atom. The number of fused-ring (bicyclic) bond motifs is 1. The van der Waals surface area contributed by atoms with Crippen LogP contribution in [0.1, 0.15) is 12.5 Å². The van der Waals surface area contributed by atoms with Crippen LogP contribution in [0.15, 0.2) is 18.2 Å². The van der Waals surface area contributed by atoms with E-state index in [1.807, 2.05) is 18.2 Å². The van der Waals surface area contributed by atoms with Gasteiger partial charge in [-0.25, -0.2) is 0 Å². The molecule has 1 amide bonds. The summed E-state index contributed by atoms with van der Waals surface area (Å²) in [6, 6.07) is 5.55. The second kappa shape index (κ2) is 3.31. The van der Waals surface area contributed by atoms with Crippen LogP contribution >= 0.6 is 0 Å². The third kappa shape index (κ3) is 1.44. The highest BCUT2D eigenvalue weighted by atomic mass is 16.5. The topological polar surface area (TPSA) is 64.3 Å². The Balaban J connectivity index is 2.37. The Morgan fingerprint density at radius 3 is 3.07 bits per heavy atom. The van der Waals surface area contributed by atoms with Gasteiger partial charge >= 0.3 is 0 Å². The second-order valence-electron chi connectivity index (χ2n) is 3.28. The summed E-state index contributed by atoms with van der Waals surface area (Å²) >= 11 is 0. The van der Waals surface area contributed by atoms with Crippen LogP contribution in [-0.4, -0.2) is 12.0 Å². The fourth-order valence-electron chi connectivity index (χ4n) is 1.38. The summed E-state index contributed by atoms with van der Waals surface area (Å²) in [5.74, 6) is 0.584. The number of rotatable bonds is 1. The molecular formula is C10H12N2O2. The zero-order valence-corrected chi connectivity index (χ0v) is 7.91. The van der Waals surface area contributed by atoms with Gasteiger partial charge in [-0.2, -0.15) is 0 Å². The lowest BCUT2D eigenvalue weighted by Gasteiger charge is -2.23. The monoisotopic (exact) mass is 192 g/mol. The average Bonchev–Trinajstić information content (AvgIpc) is 2.19. The molecule has 0 radical (unpaired) electrons. The lowest BCUT2D eigenvalue weighted by molar-refractivity contribution is -0.122. The largest absolute Gasteiger partial charge is 0.479 e. The van der Waals surface area contributed by atoms with Gasteiger partial charge in [0.15, 0.2) is 6.10 Å². The Labute approximate surface area is 82.1 Å². The van der Waals surface area contributed by atoms with Crippen molar-refractivity contribution in [2.75, 3.05) is 5.32 Å². The molecule has 0 fully saturated rings. The van der Waals surface area contributed by atoms with E-state index in [-0.39, 0.29) is 5.91 Å². The van der Waals surface area contributed by atoms with Gasteiger partial charge in [0.1, 0.15) is 5.75 Å². The Bertz CT molecular complexity index is 376. The molecule has 1 aliphatic rings. The predicted molar refractivity (Wildman–Crippen MR) is 53.1 cm³/mol. The van der Waals surface area contributed by atoms with E-state index in [1.54, 1.807) is 6.92 Å². The first-order valence-electron chi connectivity index (χ1n) is 4.51. The molecule has 0 unspecified atom stereocenters. The summed E-state index contributed by atoms with van der Waals surface area (Å²) in [6.45, 7) is 2.17. The van der Waals surface area contributed by atoms with E-state index in [2.05, 4.69) is 5.32 Å². The van der Waals surface area contributed by atoms with Crippen molar-refractivity contribution in [1.82, 2.24) is 0 Å². The third-order valence-electron chi connectivity index (χ3n) is 2.21. The van der Waals surface area contributed by atoms with E-state index in [1.165, 1.54) is 0 Å². The SMILES string of the molecule is C[C@H]1Oc2ccc(CN)cc2NC1=O. The molecule has 0 aliphatic carbocycles. The van der Waals surface area contributed by atoms with E-state index in [9.17, 15) is 4.79 Å². The minimum atomic E-state index is -0.425. The molecule has 3 N–H and O–H groups in total. The Hall–Kier alpha value is -1.55. The van der Waals surface area contributed by atoms with Crippen molar-refractivity contribution < 1.29 is 9.53 Å². The highest BCUT2D eigenvalue weighted by Crippen LogP contribution is 2.30. The lowest BCUT2D eigenvalue weighted by atomic mass is 10.1. The van der Waals surface area contributed by atoms with Crippen LogP contribution in [0.3, 0.4) is 0 Å². The zero-order chi connectivity index (χ0) is 10.1. The predicted octanol–water partition coefficient (Wildman–Crippen LogP) is 0.865. The van der Waals surface area contributed by atoms with Crippen molar-refractivity contribution in [2.24, 2.45) is 5.73 Å². The molecule has 1 atom stereocenters. The molecule has 4 heteroatoms. The zero-order valence-electron chi connectivity index (χ0n) is 7.91. The molecule has 2 rings (SSSR count). The summed E-state index contributed by atoms with van der Waals surface area (Å²) < 4.78 is 5.39. The van der Waals surface area contributed by atoms with E-state index >= 15 is 0 Å². The van der Waals surface area contributed by atoms with Crippen molar-refractivity contribution in [3.8, 4) is 5.75 Å². The summed E-state index contributed by atoms with van der Waals surface area (Å²) in [5.41, 5.74) is 7.17. The molecule has 1 heterocycles. The van der Waals surface area contributed by atoms with Crippen LogP contribution in [0.4, 0.5) is 5.69 Å². The van der Waals surface area contributed by atoms with E-state index in [4.69, 9.17) is 10.5 Å². The highest BCUT2D eigenvalue weighted by molar-refractivity contribution is 5.97. The maximum absolute atomic E-state index is 11.3. The quantitative estimate of drug-likeness (QED) is 0.693. The van der Waals surface area contributed by atoms with Gasteiger partial charge in [0, 0.05) is 6.54 Å². The Kier molecular flexibility index (Phi) is 2.13. The van der Waals surface area contributed by atoms with E-state index < -0.39 is 6.10 Å². The molecule has 0 bridgehead atoms. The number of benzene rings is 1. The number of carbonyl (C=O) groups excluding carboxylic acids is 1. The number of amides is 1. The first-order chi connectivity index (χ1) is 6.70. The second-order valence-corrected chi connectivity index (χ2v) is 3.28. The number of nitrogens with two attached hydrogens (primary N) is 1. The van der Waals surface area contributed by atoms with Crippen molar-refractivity contribution in [3.63, 3.8) is 0 Å². The first-order valence-corrected chi connectivity index (χ1v) is 4.51. The Morgan fingerprint density at radius 2 is 2.36 bits per heavy atom. The molecule has 0 saturated heterocycles. The lowest BCUT2D eigenvalue weighted by Crippen LogP contribution is -2.34. The van der Waals surface area contributed by atoms with Gasteiger partial charge < -0.3 is 15.8 Å². The van der Waals surface area contributed by atoms with Crippen LogP contribution in [0, 0.1) is 0 Å². The van der Waals surface area contributed by atoms with Gasteiger partial charge in [-0.15, -0.1) is 0 Å². The molecule has 4 nitrogen and oxygen atoms in total. The maximum atomic E-state index is 11.3. The van der Waals surface area contributed by atoms with Crippen LogP contribution in [0.2, 0.25) is 0 Å². The third-order valence-corrected chi connectivity index (χ3v) is 2.21. The number of hydrogen-bond acceptors (Lipinski definition) is 3. The summed E-state index contributed by atoms with van der Waals surface area (Å²) in [5, 5.41) is 2.76. The molecule has 1 aromatic rings. The smallest absolute Gasteiger partial charge is 0.265 e. The number of carbonyl (C=O) groups is 1. The number of ether oxygens (including phenoxy) is 1. The van der Waals surface area contributed by atoms with Crippen molar-refractivity contribution in [2.45, 2.75) is 19.6 Å². The first kappa shape index (κ1) is 9.02. The highest BCUT2D eigenvalue weighted by Gasteiger charge is 2.23. The van der Waals surface area contributed by atoms with E-state index in [0.717, 1.165) is 5.56 Å². The van der Waals surface area contributed by atoms with Gasteiger partial charge in [-0.1, -0.05) is 6.07 Å². The minimum absolute atomic E-state index is 0.119. The number of nitrogens with one attached hydrogen (secondary N) is 1. The molecular weight excluding hydrogens is 180 g/mol. The summed E-state index contributed by atoms with van der Waals surface area (Å²) in [6.07, 6.45) is -0.425. The van der Waals surface area contributed by atoms with Gasteiger partial charge in [-0.05, 0) is 24.6 Å². The van der Waals surface area contributed by atoms with Gasteiger partial charge in [0.05, 0.1) is 5.69 Å². The summed E-state index contributed by atoms with van der Waals surface area (Å²) in [4.78, 5) is 11.3. The average molecular weight is 192 g/mol. The molecule has 0 spiro atoms. The number of hydrogen-bond donors (Lipinski definition) is 2.